The Labute approximate surface area is 95.0 Å². The van der Waals surface area contributed by atoms with Crippen molar-refractivity contribution in [3.8, 4) is 0 Å². The second-order valence-electron chi connectivity index (χ2n) is 3.08. The van der Waals surface area contributed by atoms with E-state index in [1.807, 2.05) is 30.3 Å². The largest absolute Gasteiger partial charge is 0.377 e. The quantitative estimate of drug-likeness (QED) is 0.540. The van der Waals surface area contributed by atoms with Crippen LogP contribution in [0.5, 0.6) is 0 Å². The first kappa shape index (κ1) is 11.8. The third-order valence-electron chi connectivity index (χ3n) is 1.85. The summed E-state index contributed by atoms with van der Waals surface area (Å²) in [6.07, 6.45) is 0.803. The van der Waals surface area contributed by atoms with Crippen molar-refractivity contribution in [2.24, 2.45) is 0 Å². The van der Waals surface area contributed by atoms with Crippen LogP contribution in [-0.4, -0.2) is 17.9 Å². The zero-order valence-corrected chi connectivity index (χ0v) is 9.47. The molecule has 1 atom stereocenters. The van der Waals surface area contributed by atoms with Crippen LogP contribution in [0.1, 0.15) is 12.0 Å². The predicted molar refractivity (Wildman–Crippen MR) is 61.1 cm³/mol. The van der Waals surface area contributed by atoms with Crippen LogP contribution in [0, 0.1) is 0 Å². The van der Waals surface area contributed by atoms with E-state index >= 15 is 0 Å². The van der Waals surface area contributed by atoms with Gasteiger partial charge in [-0.1, -0.05) is 30.3 Å². The third-order valence-corrected chi connectivity index (χ3v) is 2.76. The van der Waals surface area contributed by atoms with Gasteiger partial charge in [-0.25, -0.2) is 0 Å². The molecule has 0 bridgehead atoms. The van der Waals surface area contributed by atoms with Gasteiger partial charge in [-0.05, 0) is 12.0 Å². The van der Waals surface area contributed by atoms with Gasteiger partial charge in [0.25, 0.3) is 0 Å². The maximum Gasteiger partial charge on any atom is 0.0716 e. The van der Waals surface area contributed by atoms with E-state index in [0.29, 0.717) is 19.1 Å². The molecule has 0 aliphatic heterocycles. The molecule has 0 aliphatic rings. The lowest BCUT2D eigenvalue weighted by molar-refractivity contribution is 0.119. The molecule has 1 aromatic rings. The lowest BCUT2D eigenvalue weighted by atomic mass is 10.2. The summed E-state index contributed by atoms with van der Waals surface area (Å²) >= 11 is 11.4. The second kappa shape index (κ2) is 7.10. The number of halogens is 2. The van der Waals surface area contributed by atoms with Crippen molar-refractivity contribution in [3.05, 3.63) is 35.9 Å². The summed E-state index contributed by atoms with van der Waals surface area (Å²) in [6.45, 7) is 1.31. The molecular formula is C11H14Cl2O. The maximum atomic E-state index is 5.84. The predicted octanol–water partition coefficient (Wildman–Crippen LogP) is 3.44. The van der Waals surface area contributed by atoms with Gasteiger partial charge in [0.15, 0.2) is 0 Å². The first-order valence-electron chi connectivity index (χ1n) is 4.64. The SMILES string of the molecule is ClCC(Cl)CCOCc1ccccc1. The van der Waals surface area contributed by atoms with Crippen LogP contribution in [0.15, 0.2) is 30.3 Å². The molecule has 0 aliphatic carbocycles. The molecule has 78 valence electrons. The molecule has 1 aromatic carbocycles. The molecule has 0 aromatic heterocycles. The Hall–Kier alpha value is -0.240. The topological polar surface area (TPSA) is 9.23 Å². The van der Waals surface area contributed by atoms with Crippen molar-refractivity contribution in [2.45, 2.75) is 18.4 Å². The molecule has 0 fully saturated rings. The van der Waals surface area contributed by atoms with Crippen LogP contribution in [0.25, 0.3) is 0 Å². The van der Waals surface area contributed by atoms with Crippen molar-refractivity contribution in [1.29, 1.82) is 0 Å². The Balaban J connectivity index is 2.10. The highest BCUT2D eigenvalue weighted by atomic mass is 35.5. The lowest BCUT2D eigenvalue weighted by Gasteiger charge is -2.06. The molecule has 0 amide bonds. The van der Waals surface area contributed by atoms with Crippen molar-refractivity contribution in [3.63, 3.8) is 0 Å². The van der Waals surface area contributed by atoms with Gasteiger partial charge in [0, 0.05) is 17.9 Å². The average molecular weight is 233 g/mol. The smallest absolute Gasteiger partial charge is 0.0716 e. The van der Waals surface area contributed by atoms with E-state index < -0.39 is 0 Å². The summed E-state index contributed by atoms with van der Waals surface area (Å²) in [4.78, 5) is 0. The van der Waals surface area contributed by atoms with E-state index in [2.05, 4.69) is 0 Å². The number of rotatable bonds is 6. The number of benzene rings is 1. The fourth-order valence-electron chi connectivity index (χ4n) is 1.05. The standard InChI is InChI=1S/C11H14Cl2O/c12-8-11(13)6-7-14-9-10-4-2-1-3-5-10/h1-5,11H,6-9H2. The number of alkyl halides is 2. The van der Waals surface area contributed by atoms with Crippen molar-refractivity contribution in [1.82, 2.24) is 0 Å². The van der Waals surface area contributed by atoms with E-state index in [1.165, 1.54) is 5.56 Å². The maximum absolute atomic E-state index is 5.84. The first-order chi connectivity index (χ1) is 6.83. The van der Waals surface area contributed by atoms with Gasteiger partial charge in [0.05, 0.1) is 6.61 Å². The minimum absolute atomic E-state index is 0.0208. The lowest BCUT2D eigenvalue weighted by Crippen LogP contribution is -2.05. The van der Waals surface area contributed by atoms with E-state index in [0.717, 1.165) is 6.42 Å². The summed E-state index contributed by atoms with van der Waals surface area (Å²) in [5.74, 6) is 0.482. The molecule has 0 N–H and O–H groups in total. The molecule has 0 heterocycles. The van der Waals surface area contributed by atoms with Crippen LogP contribution in [-0.2, 0) is 11.3 Å². The van der Waals surface area contributed by atoms with Gasteiger partial charge in [0.1, 0.15) is 0 Å². The van der Waals surface area contributed by atoms with Crippen LogP contribution in [0.4, 0.5) is 0 Å². The number of hydrogen-bond acceptors (Lipinski definition) is 1. The molecular weight excluding hydrogens is 219 g/mol. The third kappa shape index (κ3) is 4.85. The van der Waals surface area contributed by atoms with Gasteiger partial charge in [-0.15, -0.1) is 23.2 Å². The minimum atomic E-state index is 0.0208. The van der Waals surface area contributed by atoms with E-state index in [9.17, 15) is 0 Å². The van der Waals surface area contributed by atoms with Crippen molar-refractivity contribution < 1.29 is 4.74 Å². The molecule has 0 saturated carbocycles. The highest BCUT2D eigenvalue weighted by Crippen LogP contribution is 2.06. The Morgan fingerprint density at radius 1 is 1.21 bits per heavy atom. The zero-order chi connectivity index (χ0) is 10.2. The summed E-state index contributed by atoms with van der Waals surface area (Å²) in [7, 11) is 0. The van der Waals surface area contributed by atoms with E-state index in [4.69, 9.17) is 27.9 Å². The van der Waals surface area contributed by atoms with Crippen LogP contribution in [0.2, 0.25) is 0 Å². The van der Waals surface area contributed by atoms with Crippen molar-refractivity contribution in [2.75, 3.05) is 12.5 Å². The number of ether oxygens (including phenoxy) is 1. The highest BCUT2D eigenvalue weighted by Gasteiger charge is 2.01. The monoisotopic (exact) mass is 232 g/mol. The molecule has 1 rings (SSSR count). The van der Waals surface area contributed by atoms with Crippen LogP contribution in [0.3, 0.4) is 0 Å². The van der Waals surface area contributed by atoms with E-state index in [-0.39, 0.29) is 5.38 Å². The van der Waals surface area contributed by atoms with Crippen LogP contribution >= 0.6 is 23.2 Å². The zero-order valence-electron chi connectivity index (χ0n) is 7.96. The minimum Gasteiger partial charge on any atom is -0.377 e. The molecule has 0 saturated heterocycles. The Morgan fingerprint density at radius 3 is 2.57 bits per heavy atom. The van der Waals surface area contributed by atoms with Gasteiger partial charge >= 0.3 is 0 Å². The fraction of sp³-hybridized carbons (Fsp3) is 0.455. The van der Waals surface area contributed by atoms with Gasteiger partial charge < -0.3 is 4.74 Å². The second-order valence-corrected chi connectivity index (χ2v) is 4.00. The van der Waals surface area contributed by atoms with Gasteiger partial charge in [0.2, 0.25) is 0 Å². The molecule has 1 unspecified atom stereocenters. The average Bonchev–Trinajstić information content (AvgIpc) is 2.25. The van der Waals surface area contributed by atoms with Gasteiger partial charge in [-0.2, -0.15) is 0 Å². The Kier molecular flexibility index (Phi) is 6.00. The summed E-state index contributed by atoms with van der Waals surface area (Å²) < 4.78 is 5.45. The van der Waals surface area contributed by atoms with Gasteiger partial charge in [-0.3, -0.25) is 0 Å². The normalized spacial score (nSPS) is 12.7. The first-order valence-corrected chi connectivity index (χ1v) is 5.61. The van der Waals surface area contributed by atoms with Crippen LogP contribution < -0.4 is 0 Å². The Morgan fingerprint density at radius 2 is 1.93 bits per heavy atom. The molecule has 14 heavy (non-hydrogen) atoms. The van der Waals surface area contributed by atoms with Crippen molar-refractivity contribution >= 4 is 23.2 Å². The summed E-state index contributed by atoms with van der Waals surface area (Å²) in [5, 5.41) is 0.0208. The summed E-state index contributed by atoms with van der Waals surface area (Å²) in [5.41, 5.74) is 1.18. The number of hydrogen-bond donors (Lipinski definition) is 0. The summed E-state index contributed by atoms with van der Waals surface area (Å²) in [6, 6.07) is 10.1. The fourth-order valence-corrected chi connectivity index (χ4v) is 1.30. The molecule has 0 spiro atoms. The molecule has 3 heteroatoms. The van der Waals surface area contributed by atoms with E-state index in [1.54, 1.807) is 0 Å². The highest BCUT2D eigenvalue weighted by molar-refractivity contribution is 6.28. The molecule has 0 radical (unpaired) electrons. The Bertz CT molecular complexity index is 238. The molecule has 1 nitrogen and oxygen atoms in total.